The number of rotatable bonds is 2. The Balaban J connectivity index is 1.96. The van der Waals surface area contributed by atoms with Gasteiger partial charge in [0.15, 0.2) is 0 Å². The molecule has 1 heterocycles. The van der Waals surface area contributed by atoms with Crippen molar-refractivity contribution in [3.63, 3.8) is 0 Å². The molecular weight excluding hydrogens is 345 g/mol. The molecule has 0 radical (unpaired) electrons. The van der Waals surface area contributed by atoms with Gasteiger partial charge in [0.2, 0.25) is 0 Å². The summed E-state index contributed by atoms with van der Waals surface area (Å²) in [6.45, 7) is 0. The summed E-state index contributed by atoms with van der Waals surface area (Å²) < 4.78 is 0. The van der Waals surface area contributed by atoms with Gasteiger partial charge in [-0.15, -0.1) is 0 Å². The lowest BCUT2D eigenvalue weighted by Gasteiger charge is -2.21. The predicted molar refractivity (Wildman–Crippen MR) is 99.0 cm³/mol. The van der Waals surface area contributed by atoms with Gasteiger partial charge in [-0.25, -0.2) is 4.98 Å². The van der Waals surface area contributed by atoms with Gasteiger partial charge in [0.25, 0.3) is 0 Å². The second-order valence-electron chi connectivity index (χ2n) is 5.79. The quantitative estimate of drug-likeness (QED) is 0.479. The van der Waals surface area contributed by atoms with Gasteiger partial charge in [0.05, 0.1) is 0 Å². The maximum absolute atomic E-state index is 6.47. The maximum atomic E-state index is 6.47. The minimum absolute atomic E-state index is 0.452. The first-order valence-corrected chi connectivity index (χ1v) is 9.33. The van der Waals surface area contributed by atoms with Crippen molar-refractivity contribution in [2.45, 2.75) is 35.5 Å². The van der Waals surface area contributed by atoms with E-state index in [1.807, 2.05) is 12.1 Å². The topological polar surface area (TPSA) is 12.9 Å². The predicted octanol–water partition coefficient (Wildman–Crippen LogP) is 6.57. The molecule has 23 heavy (non-hydrogen) atoms. The number of halogens is 2. The molecule has 3 aromatic rings. The smallest absolute Gasteiger partial charge is 0.138 e. The van der Waals surface area contributed by atoms with Crippen LogP contribution in [0.5, 0.6) is 0 Å². The third kappa shape index (κ3) is 2.96. The van der Waals surface area contributed by atoms with E-state index in [2.05, 4.69) is 35.3 Å². The third-order valence-corrected chi connectivity index (χ3v) is 5.83. The zero-order valence-corrected chi connectivity index (χ0v) is 14.8. The Morgan fingerprint density at radius 3 is 2.57 bits per heavy atom. The molecule has 0 N–H and O–H groups in total. The monoisotopic (exact) mass is 359 g/mol. The van der Waals surface area contributed by atoms with E-state index in [1.54, 1.807) is 11.8 Å². The van der Waals surface area contributed by atoms with Crippen LogP contribution in [0.3, 0.4) is 0 Å². The summed E-state index contributed by atoms with van der Waals surface area (Å²) in [6, 6.07) is 14.7. The average molecular weight is 360 g/mol. The van der Waals surface area contributed by atoms with E-state index in [0.717, 1.165) is 23.6 Å². The van der Waals surface area contributed by atoms with Gasteiger partial charge < -0.3 is 0 Å². The number of benzene rings is 2. The minimum Gasteiger partial charge on any atom is -0.224 e. The first-order valence-electron chi connectivity index (χ1n) is 7.76. The zero-order chi connectivity index (χ0) is 15.8. The summed E-state index contributed by atoms with van der Waals surface area (Å²) >= 11 is 14.4. The van der Waals surface area contributed by atoms with Gasteiger partial charge in [0, 0.05) is 20.6 Å². The fourth-order valence-electron chi connectivity index (χ4n) is 3.28. The fourth-order valence-corrected chi connectivity index (χ4v) is 4.84. The average Bonchev–Trinajstić information content (AvgIpc) is 2.55. The molecule has 116 valence electrons. The van der Waals surface area contributed by atoms with Crippen molar-refractivity contribution in [3.05, 3.63) is 63.9 Å². The van der Waals surface area contributed by atoms with E-state index in [-0.39, 0.29) is 0 Å². The van der Waals surface area contributed by atoms with E-state index in [9.17, 15) is 0 Å². The fraction of sp³-hybridized carbons (Fsp3) is 0.211. The summed E-state index contributed by atoms with van der Waals surface area (Å²) in [7, 11) is 0. The normalized spacial score (nSPS) is 14.0. The Hall–Kier alpha value is -1.22. The number of hydrogen-bond donors (Lipinski definition) is 0. The van der Waals surface area contributed by atoms with Crippen molar-refractivity contribution in [2.75, 3.05) is 0 Å². The molecule has 2 aromatic carbocycles. The van der Waals surface area contributed by atoms with Gasteiger partial charge >= 0.3 is 0 Å². The van der Waals surface area contributed by atoms with Crippen LogP contribution in [0.2, 0.25) is 10.3 Å². The molecule has 0 saturated heterocycles. The second-order valence-corrected chi connectivity index (χ2v) is 7.65. The van der Waals surface area contributed by atoms with Crippen LogP contribution in [0.15, 0.2) is 52.3 Å². The first-order chi connectivity index (χ1) is 11.2. The molecule has 1 aliphatic carbocycles. The Morgan fingerprint density at radius 1 is 0.957 bits per heavy atom. The number of hydrogen-bond acceptors (Lipinski definition) is 2. The van der Waals surface area contributed by atoms with Crippen LogP contribution < -0.4 is 0 Å². The standard InChI is InChI=1S/C19H15Cl2NS/c20-17-11-15-16(23-13-7-2-1-3-8-13)10-12-6-4-5-9-14(12)18(15)19(21)22-17/h1-3,7-8,10-11H,4-6,9H2. The highest BCUT2D eigenvalue weighted by Crippen LogP contribution is 2.41. The van der Waals surface area contributed by atoms with Crippen molar-refractivity contribution in [2.24, 2.45) is 0 Å². The minimum atomic E-state index is 0.452. The van der Waals surface area contributed by atoms with Crippen molar-refractivity contribution in [1.29, 1.82) is 0 Å². The first kappa shape index (κ1) is 15.3. The van der Waals surface area contributed by atoms with Crippen LogP contribution in [-0.2, 0) is 12.8 Å². The SMILES string of the molecule is Clc1cc2c(Sc3ccccc3)cc3c(c2c(Cl)n1)CCCC3. The number of nitrogens with zero attached hydrogens (tertiary/aromatic N) is 1. The van der Waals surface area contributed by atoms with E-state index in [4.69, 9.17) is 23.2 Å². The van der Waals surface area contributed by atoms with Crippen molar-refractivity contribution in [1.82, 2.24) is 4.98 Å². The summed E-state index contributed by atoms with van der Waals surface area (Å²) in [5.74, 6) is 0. The molecule has 0 atom stereocenters. The number of fused-ring (bicyclic) bond motifs is 3. The molecule has 4 heteroatoms. The lowest BCUT2D eigenvalue weighted by atomic mass is 9.88. The van der Waals surface area contributed by atoms with E-state index >= 15 is 0 Å². The van der Waals surface area contributed by atoms with Gasteiger partial charge in [-0.05, 0) is 61.1 Å². The maximum Gasteiger partial charge on any atom is 0.138 e. The molecule has 0 amide bonds. The summed E-state index contributed by atoms with van der Waals surface area (Å²) in [4.78, 5) is 6.70. The molecule has 1 aliphatic rings. The lowest BCUT2D eigenvalue weighted by molar-refractivity contribution is 0.688. The largest absolute Gasteiger partial charge is 0.224 e. The summed E-state index contributed by atoms with van der Waals surface area (Å²) in [5.41, 5.74) is 2.77. The molecule has 1 aromatic heterocycles. The molecule has 0 unspecified atom stereocenters. The van der Waals surface area contributed by atoms with Crippen molar-refractivity contribution < 1.29 is 0 Å². The van der Waals surface area contributed by atoms with E-state index < -0.39 is 0 Å². The number of aromatic nitrogens is 1. The number of pyridine rings is 1. The molecule has 0 saturated carbocycles. The third-order valence-electron chi connectivity index (χ3n) is 4.30. The second kappa shape index (κ2) is 6.35. The zero-order valence-electron chi connectivity index (χ0n) is 12.5. The van der Waals surface area contributed by atoms with Crippen molar-refractivity contribution >= 4 is 45.7 Å². The van der Waals surface area contributed by atoms with Crippen LogP contribution in [-0.4, -0.2) is 4.98 Å². The molecule has 0 fully saturated rings. The Labute approximate surface area is 150 Å². The van der Waals surface area contributed by atoms with Crippen LogP contribution in [0.1, 0.15) is 24.0 Å². The van der Waals surface area contributed by atoms with Crippen LogP contribution >= 0.6 is 35.0 Å². The van der Waals surface area contributed by atoms with Gasteiger partial charge in [0.1, 0.15) is 10.3 Å². The Bertz CT molecular complexity index is 878. The highest BCUT2D eigenvalue weighted by atomic mass is 35.5. The van der Waals surface area contributed by atoms with Crippen LogP contribution in [0.4, 0.5) is 0 Å². The van der Waals surface area contributed by atoms with Crippen molar-refractivity contribution in [3.8, 4) is 0 Å². The molecule has 4 rings (SSSR count). The van der Waals surface area contributed by atoms with Gasteiger partial charge in [-0.2, -0.15) is 0 Å². The number of aryl methyl sites for hydroxylation is 2. The highest BCUT2D eigenvalue weighted by molar-refractivity contribution is 7.99. The lowest BCUT2D eigenvalue weighted by Crippen LogP contribution is -2.05. The molecular formula is C19H15Cl2NS. The van der Waals surface area contributed by atoms with Gasteiger partial charge in [-0.1, -0.05) is 53.2 Å². The Kier molecular flexibility index (Phi) is 4.23. The van der Waals surface area contributed by atoms with Gasteiger partial charge in [-0.3, -0.25) is 0 Å². The van der Waals surface area contributed by atoms with Crippen LogP contribution in [0.25, 0.3) is 10.8 Å². The molecule has 0 aliphatic heterocycles. The van der Waals surface area contributed by atoms with E-state index in [0.29, 0.717) is 10.3 Å². The Morgan fingerprint density at radius 2 is 1.74 bits per heavy atom. The molecule has 0 bridgehead atoms. The summed E-state index contributed by atoms with van der Waals surface area (Å²) in [5, 5.41) is 3.19. The van der Waals surface area contributed by atoms with Crippen LogP contribution in [0, 0.1) is 0 Å². The van der Waals surface area contributed by atoms with E-state index in [1.165, 1.54) is 33.8 Å². The summed E-state index contributed by atoms with van der Waals surface area (Å²) in [6.07, 6.45) is 4.65. The highest BCUT2D eigenvalue weighted by Gasteiger charge is 2.19. The molecule has 0 spiro atoms. The molecule has 1 nitrogen and oxygen atoms in total.